The van der Waals surface area contributed by atoms with Crippen molar-refractivity contribution >= 4 is 22.8 Å². The number of anilines is 1. The number of hydrogen-bond acceptors (Lipinski definition) is 6. The van der Waals surface area contributed by atoms with Crippen LogP contribution in [0.1, 0.15) is 34.8 Å². The monoisotopic (exact) mass is 481 g/mol. The zero-order valence-electron chi connectivity index (χ0n) is 18.6. The SMILES string of the molecule is Nc1ncnc2c1c(-c1ccc(F)c(CNC(=O)c3cc(F)ccc3F)c1)nn2[C@@H]1CCCNC1. The molecule has 2 aromatic carbocycles. The van der Waals surface area contributed by atoms with Gasteiger partial charge in [-0.05, 0) is 55.8 Å². The van der Waals surface area contributed by atoms with Gasteiger partial charge in [-0.25, -0.2) is 27.8 Å². The maximum absolute atomic E-state index is 14.6. The number of halogens is 3. The summed E-state index contributed by atoms with van der Waals surface area (Å²) in [5, 5.41) is 11.1. The lowest BCUT2D eigenvalue weighted by molar-refractivity contribution is 0.0946. The number of amides is 1. The molecule has 2 aromatic heterocycles. The van der Waals surface area contributed by atoms with E-state index in [1.165, 1.54) is 18.5 Å². The Morgan fingerprint density at radius 3 is 2.77 bits per heavy atom. The normalized spacial score (nSPS) is 15.9. The summed E-state index contributed by atoms with van der Waals surface area (Å²) < 4.78 is 43.8. The van der Waals surface area contributed by atoms with E-state index in [0.29, 0.717) is 22.3 Å². The Labute approximate surface area is 198 Å². The quantitative estimate of drug-likeness (QED) is 0.403. The molecule has 3 heterocycles. The highest BCUT2D eigenvalue weighted by Crippen LogP contribution is 2.33. The van der Waals surface area contributed by atoms with Crippen molar-refractivity contribution < 1.29 is 18.0 Å². The molecule has 1 saturated heterocycles. The molecule has 1 aliphatic heterocycles. The maximum atomic E-state index is 14.6. The van der Waals surface area contributed by atoms with Crippen molar-refractivity contribution in [2.24, 2.45) is 0 Å². The second kappa shape index (κ2) is 9.34. The van der Waals surface area contributed by atoms with E-state index in [1.54, 1.807) is 6.07 Å². The zero-order valence-corrected chi connectivity index (χ0v) is 18.6. The Kier molecular flexibility index (Phi) is 6.08. The van der Waals surface area contributed by atoms with Crippen molar-refractivity contribution in [1.29, 1.82) is 0 Å². The van der Waals surface area contributed by atoms with Gasteiger partial charge in [0, 0.05) is 24.2 Å². The topological polar surface area (TPSA) is 111 Å². The standard InChI is InChI=1S/C24H22F3N7O/c25-15-4-6-19(27)17(9-15)24(35)30-10-14-8-13(3-5-18(14)26)21-20-22(28)31-12-32-23(20)34(33-21)16-2-1-7-29-11-16/h3-6,8-9,12,16,29H,1-2,7,10-11H2,(H,30,35)(H2,28,31,32)/t16-/m1/s1. The van der Waals surface area contributed by atoms with E-state index in [-0.39, 0.29) is 24.0 Å². The van der Waals surface area contributed by atoms with Crippen LogP contribution in [-0.2, 0) is 6.54 Å². The van der Waals surface area contributed by atoms with Crippen LogP contribution in [0.2, 0.25) is 0 Å². The first kappa shape index (κ1) is 22.8. The fourth-order valence-electron chi connectivity index (χ4n) is 4.29. The van der Waals surface area contributed by atoms with Gasteiger partial charge in [0.1, 0.15) is 35.3 Å². The number of carbonyl (C=O) groups is 1. The molecular formula is C24H22F3N7O. The van der Waals surface area contributed by atoms with Crippen LogP contribution in [0.15, 0.2) is 42.7 Å². The summed E-state index contributed by atoms with van der Waals surface area (Å²) in [7, 11) is 0. The zero-order chi connectivity index (χ0) is 24.5. The fraction of sp³-hybridized carbons (Fsp3) is 0.250. The highest BCUT2D eigenvalue weighted by atomic mass is 19.1. The van der Waals surface area contributed by atoms with E-state index in [4.69, 9.17) is 10.8 Å². The van der Waals surface area contributed by atoms with Gasteiger partial charge in [-0.3, -0.25) is 4.79 Å². The molecule has 1 atom stereocenters. The molecule has 4 N–H and O–H groups in total. The van der Waals surface area contributed by atoms with Gasteiger partial charge < -0.3 is 16.4 Å². The Morgan fingerprint density at radius 1 is 1.14 bits per heavy atom. The molecule has 0 radical (unpaired) electrons. The lowest BCUT2D eigenvalue weighted by Gasteiger charge is -2.23. The first-order valence-electron chi connectivity index (χ1n) is 11.1. The molecule has 0 unspecified atom stereocenters. The average Bonchev–Trinajstić information content (AvgIpc) is 3.26. The number of hydrogen-bond donors (Lipinski definition) is 3. The molecular weight excluding hydrogens is 459 g/mol. The van der Waals surface area contributed by atoms with E-state index in [2.05, 4.69) is 20.6 Å². The number of nitrogens with two attached hydrogens (primary N) is 1. The van der Waals surface area contributed by atoms with Crippen molar-refractivity contribution in [3.05, 3.63) is 71.3 Å². The number of nitrogens with zero attached hydrogens (tertiary/aromatic N) is 4. The summed E-state index contributed by atoms with van der Waals surface area (Å²) in [5.41, 5.74) is 7.50. The highest BCUT2D eigenvalue weighted by Gasteiger charge is 2.24. The number of benzene rings is 2. The highest BCUT2D eigenvalue weighted by molar-refractivity contribution is 5.98. The van der Waals surface area contributed by atoms with Crippen LogP contribution >= 0.6 is 0 Å². The van der Waals surface area contributed by atoms with Crippen LogP contribution in [0.3, 0.4) is 0 Å². The number of carbonyl (C=O) groups excluding carboxylic acids is 1. The van der Waals surface area contributed by atoms with Gasteiger partial charge in [0.2, 0.25) is 0 Å². The van der Waals surface area contributed by atoms with E-state index in [1.807, 2.05) is 4.68 Å². The number of rotatable bonds is 5. The van der Waals surface area contributed by atoms with Gasteiger partial charge >= 0.3 is 0 Å². The van der Waals surface area contributed by atoms with Crippen LogP contribution in [0, 0.1) is 17.5 Å². The van der Waals surface area contributed by atoms with Crippen LogP contribution < -0.4 is 16.4 Å². The summed E-state index contributed by atoms with van der Waals surface area (Å²) >= 11 is 0. The van der Waals surface area contributed by atoms with Crippen LogP contribution in [-0.4, -0.2) is 38.7 Å². The van der Waals surface area contributed by atoms with Crippen molar-refractivity contribution in [2.45, 2.75) is 25.4 Å². The minimum absolute atomic E-state index is 0.0784. The van der Waals surface area contributed by atoms with Crippen molar-refractivity contribution in [3.63, 3.8) is 0 Å². The van der Waals surface area contributed by atoms with Crippen molar-refractivity contribution in [3.8, 4) is 11.3 Å². The van der Waals surface area contributed by atoms with Gasteiger partial charge in [-0.2, -0.15) is 5.10 Å². The molecule has 180 valence electrons. The Balaban J connectivity index is 1.48. The van der Waals surface area contributed by atoms with Gasteiger partial charge in [0.05, 0.1) is 17.0 Å². The summed E-state index contributed by atoms with van der Waals surface area (Å²) in [6.45, 7) is 1.43. The minimum atomic E-state index is -0.872. The molecule has 0 aliphatic carbocycles. The molecule has 0 saturated carbocycles. The second-order valence-corrected chi connectivity index (χ2v) is 8.36. The largest absolute Gasteiger partial charge is 0.383 e. The average molecular weight is 481 g/mol. The van der Waals surface area contributed by atoms with Crippen LogP contribution in [0.25, 0.3) is 22.3 Å². The van der Waals surface area contributed by atoms with Gasteiger partial charge in [0.25, 0.3) is 5.91 Å². The third kappa shape index (κ3) is 4.42. The van der Waals surface area contributed by atoms with E-state index < -0.39 is 28.9 Å². The van der Waals surface area contributed by atoms with E-state index >= 15 is 0 Å². The van der Waals surface area contributed by atoms with Gasteiger partial charge in [-0.1, -0.05) is 0 Å². The summed E-state index contributed by atoms with van der Waals surface area (Å²) in [4.78, 5) is 20.9. The third-order valence-electron chi connectivity index (χ3n) is 6.07. The second-order valence-electron chi connectivity index (χ2n) is 8.36. The number of aromatic nitrogens is 4. The predicted molar refractivity (Wildman–Crippen MR) is 124 cm³/mol. The maximum Gasteiger partial charge on any atom is 0.254 e. The number of fused-ring (bicyclic) bond motifs is 1. The molecule has 5 rings (SSSR count). The predicted octanol–water partition coefficient (Wildman–Crippen LogP) is 3.35. The lowest BCUT2D eigenvalue weighted by atomic mass is 10.1. The van der Waals surface area contributed by atoms with Gasteiger partial charge in [-0.15, -0.1) is 0 Å². The number of nitrogens with one attached hydrogen (secondary N) is 2. The molecule has 0 spiro atoms. The first-order chi connectivity index (χ1) is 16.9. The van der Waals surface area contributed by atoms with Crippen molar-refractivity contribution in [2.75, 3.05) is 18.8 Å². The smallest absolute Gasteiger partial charge is 0.254 e. The molecule has 1 aliphatic rings. The number of piperidine rings is 1. The molecule has 0 bridgehead atoms. The molecule has 4 aromatic rings. The molecule has 35 heavy (non-hydrogen) atoms. The van der Waals surface area contributed by atoms with E-state index in [9.17, 15) is 18.0 Å². The molecule has 1 amide bonds. The summed E-state index contributed by atoms with van der Waals surface area (Å²) in [5.74, 6) is -2.80. The molecule has 1 fully saturated rings. The number of nitrogen functional groups attached to an aromatic ring is 1. The third-order valence-corrected chi connectivity index (χ3v) is 6.07. The minimum Gasteiger partial charge on any atom is -0.383 e. The Morgan fingerprint density at radius 2 is 1.97 bits per heavy atom. The van der Waals surface area contributed by atoms with Crippen LogP contribution in [0.4, 0.5) is 19.0 Å². The van der Waals surface area contributed by atoms with Crippen molar-refractivity contribution in [1.82, 2.24) is 30.4 Å². The Bertz CT molecular complexity index is 1420. The van der Waals surface area contributed by atoms with E-state index in [0.717, 1.165) is 44.1 Å². The first-order valence-corrected chi connectivity index (χ1v) is 11.1. The molecule has 8 nitrogen and oxygen atoms in total. The lowest BCUT2D eigenvalue weighted by Crippen LogP contribution is -2.32. The fourth-order valence-corrected chi connectivity index (χ4v) is 4.29. The molecule has 11 heteroatoms. The Hall–Kier alpha value is -3.99. The van der Waals surface area contributed by atoms with Gasteiger partial charge in [0.15, 0.2) is 5.65 Å². The summed E-state index contributed by atoms with van der Waals surface area (Å²) in [6, 6.07) is 7.00. The summed E-state index contributed by atoms with van der Waals surface area (Å²) in [6.07, 6.45) is 3.30. The van der Waals surface area contributed by atoms with Crippen LogP contribution in [0.5, 0.6) is 0 Å².